The van der Waals surface area contributed by atoms with E-state index in [9.17, 15) is 14.0 Å². The predicted molar refractivity (Wildman–Crippen MR) is 109 cm³/mol. The van der Waals surface area contributed by atoms with Crippen LogP contribution < -0.4 is 11.0 Å². The molecular formula is C20H22FN5O2S. The van der Waals surface area contributed by atoms with Crippen molar-refractivity contribution in [1.29, 1.82) is 0 Å². The standard InChI is InChI=1S/C20H22FN5O2S/c1-13-16(11-14-6-8-15(21)9-7-14)29-19(22-13)23-18(27)12-26-20(28)25-10-4-2-3-5-17(25)24-26/h6-9H,2-5,10-12H2,1H3,(H,22,23,27). The monoisotopic (exact) mass is 415 g/mol. The van der Waals surface area contributed by atoms with E-state index in [1.165, 1.54) is 28.2 Å². The van der Waals surface area contributed by atoms with E-state index in [2.05, 4.69) is 15.4 Å². The average molecular weight is 415 g/mol. The van der Waals surface area contributed by atoms with Gasteiger partial charge in [-0.1, -0.05) is 18.6 Å². The zero-order valence-corrected chi connectivity index (χ0v) is 17.0. The Morgan fingerprint density at radius 3 is 2.83 bits per heavy atom. The van der Waals surface area contributed by atoms with Crippen LogP contribution in [0.3, 0.4) is 0 Å². The highest BCUT2D eigenvalue weighted by molar-refractivity contribution is 7.15. The molecule has 29 heavy (non-hydrogen) atoms. The van der Waals surface area contributed by atoms with Gasteiger partial charge in [-0.3, -0.25) is 9.36 Å². The Kier molecular flexibility index (Phi) is 5.57. The van der Waals surface area contributed by atoms with Gasteiger partial charge >= 0.3 is 5.69 Å². The van der Waals surface area contributed by atoms with Crippen molar-refractivity contribution in [3.63, 3.8) is 0 Å². The molecule has 0 atom stereocenters. The third-order valence-corrected chi connectivity index (χ3v) is 6.06. The number of halogens is 1. The topological polar surface area (TPSA) is 81.8 Å². The lowest BCUT2D eigenvalue weighted by Gasteiger charge is -2.01. The summed E-state index contributed by atoms with van der Waals surface area (Å²) in [6.07, 6.45) is 4.44. The Morgan fingerprint density at radius 2 is 2.03 bits per heavy atom. The highest BCUT2D eigenvalue weighted by Crippen LogP contribution is 2.25. The summed E-state index contributed by atoms with van der Waals surface area (Å²) in [6, 6.07) is 6.33. The average Bonchev–Trinajstić information content (AvgIpc) is 3.05. The number of aromatic nitrogens is 4. The molecule has 3 aromatic rings. The number of benzene rings is 1. The van der Waals surface area contributed by atoms with Gasteiger partial charge in [0.25, 0.3) is 0 Å². The summed E-state index contributed by atoms with van der Waals surface area (Å²) in [5, 5.41) is 7.59. The number of carbonyl (C=O) groups is 1. The largest absolute Gasteiger partial charge is 0.346 e. The molecule has 3 heterocycles. The lowest BCUT2D eigenvalue weighted by Crippen LogP contribution is -2.30. The number of hydrogen-bond acceptors (Lipinski definition) is 5. The fourth-order valence-electron chi connectivity index (χ4n) is 3.46. The van der Waals surface area contributed by atoms with Crippen LogP contribution in [-0.4, -0.2) is 25.2 Å². The van der Waals surface area contributed by atoms with Crippen LogP contribution in [0.1, 0.15) is 41.2 Å². The lowest BCUT2D eigenvalue weighted by molar-refractivity contribution is -0.117. The number of aryl methyl sites for hydroxylation is 2. The van der Waals surface area contributed by atoms with Crippen LogP contribution in [0, 0.1) is 12.7 Å². The van der Waals surface area contributed by atoms with Crippen molar-refractivity contribution in [3.05, 3.63) is 62.5 Å². The first kappa shape index (κ1) is 19.5. The van der Waals surface area contributed by atoms with Gasteiger partial charge in [0.2, 0.25) is 5.91 Å². The Balaban J connectivity index is 1.43. The molecule has 0 spiro atoms. The Labute approximate surface area is 171 Å². The Morgan fingerprint density at radius 1 is 1.24 bits per heavy atom. The van der Waals surface area contributed by atoms with Gasteiger partial charge in [-0.2, -0.15) is 5.10 Å². The predicted octanol–water partition coefficient (Wildman–Crippen LogP) is 2.90. The van der Waals surface area contributed by atoms with E-state index >= 15 is 0 Å². The minimum absolute atomic E-state index is 0.134. The second kappa shape index (κ2) is 8.28. The van der Waals surface area contributed by atoms with Crippen molar-refractivity contribution in [3.8, 4) is 0 Å². The number of carbonyl (C=O) groups excluding carboxylic acids is 1. The maximum Gasteiger partial charge on any atom is 0.346 e. The Bertz CT molecular complexity index is 1080. The fraction of sp³-hybridized carbons (Fsp3) is 0.400. The molecule has 0 bridgehead atoms. The minimum atomic E-state index is -0.331. The summed E-state index contributed by atoms with van der Waals surface area (Å²) in [6.45, 7) is 2.40. The molecule has 1 aliphatic heterocycles. The number of nitrogens with zero attached hydrogens (tertiary/aromatic N) is 4. The summed E-state index contributed by atoms with van der Waals surface area (Å²) in [7, 11) is 0. The SMILES string of the molecule is Cc1nc(NC(=O)Cn2nc3n(c2=O)CCCCC3)sc1Cc1ccc(F)cc1. The number of amides is 1. The number of rotatable bonds is 5. The third-order valence-electron chi connectivity index (χ3n) is 4.99. The Hall–Kier alpha value is -2.81. The highest BCUT2D eigenvalue weighted by Gasteiger charge is 2.18. The molecular weight excluding hydrogens is 393 g/mol. The maximum atomic E-state index is 13.1. The molecule has 1 N–H and O–H groups in total. The maximum absolute atomic E-state index is 13.1. The zero-order valence-electron chi connectivity index (χ0n) is 16.2. The first-order valence-electron chi connectivity index (χ1n) is 9.67. The van der Waals surface area contributed by atoms with Crippen LogP contribution in [0.25, 0.3) is 0 Å². The quantitative estimate of drug-likeness (QED) is 0.695. The summed E-state index contributed by atoms with van der Waals surface area (Å²) in [4.78, 5) is 30.3. The molecule has 1 amide bonds. The molecule has 0 fully saturated rings. The summed E-state index contributed by atoms with van der Waals surface area (Å²) in [5.41, 5.74) is 1.56. The van der Waals surface area contributed by atoms with Crippen molar-refractivity contribution in [2.45, 2.75) is 52.1 Å². The normalized spacial score (nSPS) is 13.7. The number of thiazole rings is 1. The second-order valence-corrected chi connectivity index (χ2v) is 8.28. The van der Waals surface area contributed by atoms with Gasteiger partial charge in [0.15, 0.2) is 5.13 Å². The number of nitrogens with one attached hydrogen (secondary N) is 1. The molecule has 0 radical (unpaired) electrons. The van der Waals surface area contributed by atoms with Gasteiger partial charge < -0.3 is 5.32 Å². The van der Waals surface area contributed by atoms with Crippen molar-refractivity contribution in [2.75, 3.05) is 5.32 Å². The number of anilines is 1. The van der Waals surface area contributed by atoms with Gasteiger partial charge in [-0.05, 0) is 37.5 Å². The smallest absolute Gasteiger partial charge is 0.300 e. The van der Waals surface area contributed by atoms with Crippen LogP contribution in [0.2, 0.25) is 0 Å². The molecule has 0 aliphatic carbocycles. The molecule has 152 valence electrons. The number of fused-ring (bicyclic) bond motifs is 1. The van der Waals surface area contributed by atoms with Gasteiger partial charge in [0.05, 0.1) is 5.69 Å². The molecule has 1 aliphatic rings. The van der Waals surface area contributed by atoms with Crippen molar-refractivity contribution in [1.82, 2.24) is 19.3 Å². The van der Waals surface area contributed by atoms with Gasteiger partial charge in [-0.15, -0.1) is 11.3 Å². The van der Waals surface area contributed by atoms with Gasteiger partial charge in [0, 0.05) is 24.3 Å². The van der Waals surface area contributed by atoms with E-state index in [0.29, 0.717) is 18.1 Å². The molecule has 9 heteroatoms. The number of hydrogen-bond donors (Lipinski definition) is 1. The van der Waals surface area contributed by atoms with Crippen LogP contribution >= 0.6 is 11.3 Å². The van der Waals surface area contributed by atoms with Crippen molar-refractivity contribution >= 4 is 22.4 Å². The van der Waals surface area contributed by atoms with E-state index in [1.54, 1.807) is 16.7 Å². The molecule has 1 aromatic carbocycles. The zero-order chi connectivity index (χ0) is 20.4. The third kappa shape index (κ3) is 4.45. The molecule has 4 rings (SSSR count). The van der Waals surface area contributed by atoms with E-state index in [1.807, 2.05) is 6.92 Å². The minimum Gasteiger partial charge on any atom is -0.300 e. The van der Waals surface area contributed by atoms with Crippen molar-refractivity contribution in [2.24, 2.45) is 0 Å². The second-order valence-electron chi connectivity index (χ2n) is 7.20. The van der Waals surface area contributed by atoms with E-state index in [4.69, 9.17) is 0 Å². The highest BCUT2D eigenvalue weighted by atomic mass is 32.1. The van der Waals surface area contributed by atoms with Gasteiger partial charge in [-0.25, -0.2) is 18.9 Å². The van der Waals surface area contributed by atoms with Crippen LogP contribution in [0.5, 0.6) is 0 Å². The van der Waals surface area contributed by atoms with Crippen LogP contribution in [0.4, 0.5) is 9.52 Å². The molecule has 0 saturated heterocycles. The van der Waals surface area contributed by atoms with Crippen LogP contribution in [-0.2, 0) is 30.7 Å². The molecule has 0 saturated carbocycles. The van der Waals surface area contributed by atoms with Crippen LogP contribution in [0.15, 0.2) is 29.1 Å². The van der Waals surface area contributed by atoms with Gasteiger partial charge in [0.1, 0.15) is 18.2 Å². The summed E-state index contributed by atoms with van der Waals surface area (Å²) >= 11 is 1.38. The fourth-order valence-corrected chi connectivity index (χ4v) is 4.47. The van der Waals surface area contributed by atoms with E-state index < -0.39 is 0 Å². The lowest BCUT2D eigenvalue weighted by atomic mass is 10.1. The van der Waals surface area contributed by atoms with Crippen molar-refractivity contribution < 1.29 is 9.18 Å². The first-order valence-corrected chi connectivity index (χ1v) is 10.5. The van der Waals surface area contributed by atoms with E-state index in [0.717, 1.165) is 47.6 Å². The molecule has 0 unspecified atom stereocenters. The molecule has 7 nitrogen and oxygen atoms in total. The summed E-state index contributed by atoms with van der Waals surface area (Å²) in [5.74, 6) is 0.156. The molecule has 2 aromatic heterocycles. The summed E-state index contributed by atoms with van der Waals surface area (Å²) < 4.78 is 16.0. The first-order chi connectivity index (χ1) is 14.0. The van der Waals surface area contributed by atoms with E-state index in [-0.39, 0.29) is 24.0 Å².